The number of nitrogens with one attached hydrogen (secondary N) is 3. The summed E-state index contributed by atoms with van der Waals surface area (Å²) in [7, 11) is 0. The van der Waals surface area contributed by atoms with E-state index in [2.05, 4.69) is 43.9 Å². The summed E-state index contributed by atoms with van der Waals surface area (Å²) in [6, 6.07) is 2.79. The van der Waals surface area contributed by atoms with E-state index in [1.807, 2.05) is 29.6 Å². The molecule has 1 aliphatic heterocycles. The third kappa shape index (κ3) is 4.06. The van der Waals surface area contributed by atoms with Gasteiger partial charge in [0.1, 0.15) is 11.5 Å². The quantitative estimate of drug-likeness (QED) is 0.507. The van der Waals surface area contributed by atoms with Gasteiger partial charge < -0.3 is 20.5 Å². The van der Waals surface area contributed by atoms with Crippen LogP contribution in [0.4, 0.5) is 17.5 Å². The summed E-state index contributed by atoms with van der Waals surface area (Å²) in [6.45, 7) is 6.35. The van der Waals surface area contributed by atoms with Gasteiger partial charge in [0.2, 0.25) is 11.9 Å². The second kappa shape index (κ2) is 8.64. The van der Waals surface area contributed by atoms with Crippen LogP contribution in [-0.2, 0) is 4.79 Å². The molecular formula is C23H30N8O. The number of aromatic nitrogens is 5. The predicted molar refractivity (Wildman–Crippen MR) is 125 cm³/mol. The first-order valence-corrected chi connectivity index (χ1v) is 11.5. The minimum absolute atomic E-state index is 0.0277. The molecule has 9 nitrogen and oxygen atoms in total. The molecule has 0 spiro atoms. The van der Waals surface area contributed by atoms with Crippen molar-refractivity contribution in [3.8, 4) is 0 Å². The highest BCUT2D eigenvalue weighted by molar-refractivity contribution is 5.89. The van der Waals surface area contributed by atoms with Crippen molar-refractivity contribution in [1.29, 1.82) is 0 Å². The molecule has 1 saturated heterocycles. The highest BCUT2D eigenvalue weighted by atomic mass is 16.2. The standard InChI is InChI=1S/C23H30N8O/c1-3-20(32)30-13-16(9-8-15(30)2)26-22-19-10-11-24-21(19)28-23(29-22)27-17-12-25-31(14-17)18-6-4-5-7-18/h3,10-12,14-16,18H,1,4-9,13H2,2H3,(H3,24,26,27,28,29)/t15-,16+/m0/s1. The molecule has 0 aromatic carbocycles. The Morgan fingerprint density at radius 1 is 1.25 bits per heavy atom. The zero-order valence-corrected chi connectivity index (χ0v) is 18.4. The number of rotatable bonds is 6. The fraction of sp³-hybridized carbons (Fsp3) is 0.478. The molecule has 3 N–H and O–H groups in total. The Labute approximate surface area is 187 Å². The summed E-state index contributed by atoms with van der Waals surface area (Å²) in [5.74, 6) is 1.24. The van der Waals surface area contributed by atoms with Crippen LogP contribution in [0.2, 0.25) is 0 Å². The van der Waals surface area contributed by atoms with Crippen LogP contribution in [0.5, 0.6) is 0 Å². The van der Waals surface area contributed by atoms with Crippen molar-refractivity contribution >= 4 is 34.4 Å². The Hall–Kier alpha value is -3.36. The Morgan fingerprint density at radius 2 is 2.09 bits per heavy atom. The van der Waals surface area contributed by atoms with E-state index in [0.717, 1.165) is 35.4 Å². The number of aromatic amines is 1. The van der Waals surface area contributed by atoms with E-state index in [1.165, 1.54) is 31.8 Å². The molecule has 1 aliphatic carbocycles. The molecule has 4 heterocycles. The minimum Gasteiger partial charge on any atom is -0.365 e. The van der Waals surface area contributed by atoms with Gasteiger partial charge in [-0.15, -0.1) is 0 Å². The lowest BCUT2D eigenvalue weighted by Crippen LogP contribution is -2.49. The van der Waals surface area contributed by atoms with Gasteiger partial charge in [-0.25, -0.2) is 0 Å². The van der Waals surface area contributed by atoms with Crippen molar-refractivity contribution in [3.05, 3.63) is 37.3 Å². The average molecular weight is 435 g/mol. The van der Waals surface area contributed by atoms with Crippen molar-refractivity contribution in [2.75, 3.05) is 17.2 Å². The van der Waals surface area contributed by atoms with Crippen LogP contribution < -0.4 is 10.6 Å². The lowest BCUT2D eigenvalue weighted by Gasteiger charge is -2.38. The lowest BCUT2D eigenvalue weighted by atomic mass is 9.99. The van der Waals surface area contributed by atoms with Gasteiger partial charge in [0.05, 0.1) is 23.3 Å². The third-order valence-corrected chi connectivity index (χ3v) is 6.65. The molecule has 2 aliphatic rings. The minimum atomic E-state index is -0.0277. The molecule has 3 aromatic heterocycles. The first-order valence-electron chi connectivity index (χ1n) is 11.5. The summed E-state index contributed by atoms with van der Waals surface area (Å²) in [5, 5.41) is 12.3. The average Bonchev–Trinajstić information content (AvgIpc) is 3.56. The summed E-state index contributed by atoms with van der Waals surface area (Å²) in [6.07, 6.45) is 13.9. The van der Waals surface area contributed by atoms with Gasteiger partial charge in [-0.3, -0.25) is 9.48 Å². The molecule has 0 radical (unpaired) electrons. The fourth-order valence-corrected chi connectivity index (χ4v) is 4.85. The number of H-pyrrole nitrogens is 1. The summed E-state index contributed by atoms with van der Waals surface area (Å²) in [5.41, 5.74) is 1.64. The molecule has 32 heavy (non-hydrogen) atoms. The van der Waals surface area contributed by atoms with E-state index in [-0.39, 0.29) is 18.0 Å². The van der Waals surface area contributed by atoms with Crippen LogP contribution in [0.25, 0.3) is 11.0 Å². The van der Waals surface area contributed by atoms with Crippen LogP contribution >= 0.6 is 0 Å². The maximum atomic E-state index is 12.2. The van der Waals surface area contributed by atoms with E-state index in [0.29, 0.717) is 18.5 Å². The van der Waals surface area contributed by atoms with Crippen LogP contribution in [0.3, 0.4) is 0 Å². The van der Waals surface area contributed by atoms with E-state index in [1.54, 1.807) is 0 Å². The van der Waals surface area contributed by atoms with Gasteiger partial charge in [0.15, 0.2) is 0 Å². The molecule has 5 rings (SSSR count). The van der Waals surface area contributed by atoms with Crippen molar-refractivity contribution in [3.63, 3.8) is 0 Å². The molecule has 1 saturated carbocycles. The number of fused-ring (bicyclic) bond motifs is 1. The summed E-state index contributed by atoms with van der Waals surface area (Å²) in [4.78, 5) is 26.7. The SMILES string of the molecule is C=CC(=O)N1C[C@H](Nc2nc(Nc3cnn(C4CCCC4)c3)nc3[nH]ccc23)CC[C@@H]1C. The normalized spacial score (nSPS) is 21.7. The Kier molecular flexibility index (Phi) is 5.55. The zero-order chi connectivity index (χ0) is 22.1. The molecule has 0 bridgehead atoms. The molecule has 9 heteroatoms. The number of piperidine rings is 1. The fourth-order valence-electron chi connectivity index (χ4n) is 4.85. The number of carbonyl (C=O) groups is 1. The molecular weight excluding hydrogens is 404 g/mol. The highest BCUT2D eigenvalue weighted by Gasteiger charge is 2.28. The van der Waals surface area contributed by atoms with Gasteiger partial charge >= 0.3 is 0 Å². The molecule has 2 fully saturated rings. The molecule has 1 amide bonds. The van der Waals surface area contributed by atoms with Gasteiger partial charge in [0, 0.05) is 31.0 Å². The lowest BCUT2D eigenvalue weighted by molar-refractivity contribution is -0.129. The van der Waals surface area contributed by atoms with Crippen molar-refractivity contribution < 1.29 is 4.79 Å². The van der Waals surface area contributed by atoms with Crippen LogP contribution in [0, 0.1) is 0 Å². The number of anilines is 3. The monoisotopic (exact) mass is 434 g/mol. The van der Waals surface area contributed by atoms with Crippen molar-refractivity contribution in [2.45, 2.75) is 63.6 Å². The van der Waals surface area contributed by atoms with Crippen LogP contribution in [0.1, 0.15) is 51.5 Å². The number of nitrogens with zero attached hydrogens (tertiary/aromatic N) is 5. The second-order valence-corrected chi connectivity index (χ2v) is 8.87. The Balaban J connectivity index is 1.35. The first kappa shape index (κ1) is 20.5. The molecule has 168 valence electrons. The number of carbonyl (C=O) groups excluding carboxylic acids is 1. The van der Waals surface area contributed by atoms with Crippen LogP contribution in [0.15, 0.2) is 37.3 Å². The van der Waals surface area contributed by atoms with Gasteiger partial charge in [-0.1, -0.05) is 19.4 Å². The van der Waals surface area contributed by atoms with Gasteiger partial charge in [-0.05, 0) is 44.7 Å². The van der Waals surface area contributed by atoms with E-state index in [4.69, 9.17) is 4.98 Å². The highest BCUT2D eigenvalue weighted by Crippen LogP contribution is 2.30. The molecule has 0 unspecified atom stereocenters. The van der Waals surface area contributed by atoms with E-state index >= 15 is 0 Å². The summed E-state index contributed by atoms with van der Waals surface area (Å²) < 4.78 is 2.05. The number of hydrogen-bond donors (Lipinski definition) is 3. The second-order valence-electron chi connectivity index (χ2n) is 8.87. The van der Waals surface area contributed by atoms with Crippen LogP contribution in [-0.4, -0.2) is 54.2 Å². The summed E-state index contributed by atoms with van der Waals surface area (Å²) >= 11 is 0. The van der Waals surface area contributed by atoms with Gasteiger partial charge in [0.25, 0.3) is 0 Å². The van der Waals surface area contributed by atoms with E-state index in [9.17, 15) is 4.79 Å². The number of likely N-dealkylation sites (tertiary alicyclic amines) is 1. The molecule has 2 atom stereocenters. The number of amides is 1. The van der Waals surface area contributed by atoms with Crippen molar-refractivity contribution in [2.24, 2.45) is 0 Å². The predicted octanol–water partition coefficient (Wildman–Crippen LogP) is 3.99. The maximum absolute atomic E-state index is 12.2. The maximum Gasteiger partial charge on any atom is 0.246 e. The Bertz CT molecular complexity index is 1110. The topological polar surface area (TPSA) is 104 Å². The largest absolute Gasteiger partial charge is 0.365 e. The smallest absolute Gasteiger partial charge is 0.246 e. The third-order valence-electron chi connectivity index (χ3n) is 6.65. The molecule has 3 aromatic rings. The Morgan fingerprint density at radius 3 is 2.91 bits per heavy atom. The van der Waals surface area contributed by atoms with Gasteiger partial charge in [-0.2, -0.15) is 15.1 Å². The van der Waals surface area contributed by atoms with E-state index < -0.39 is 0 Å². The van der Waals surface area contributed by atoms with Crippen molar-refractivity contribution in [1.82, 2.24) is 29.6 Å². The first-order chi connectivity index (χ1) is 15.6. The zero-order valence-electron chi connectivity index (χ0n) is 18.4. The number of hydrogen-bond acceptors (Lipinski definition) is 6.